The molecular formula is C13H24BrN3O2S2. The average Bonchev–Trinajstić information content (AvgIpc) is 2.78. The molecule has 0 spiro atoms. The lowest BCUT2D eigenvalue weighted by Gasteiger charge is -2.19. The van der Waals surface area contributed by atoms with Gasteiger partial charge in [-0.3, -0.25) is 0 Å². The van der Waals surface area contributed by atoms with Crippen LogP contribution in [0.5, 0.6) is 0 Å². The molecule has 0 aliphatic carbocycles. The van der Waals surface area contributed by atoms with E-state index in [1.165, 1.54) is 15.6 Å². The molecule has 8 heteroatoms. The summed E-state index contributed by atoms with van der Waals surface area (Å²) in [4.78, 5) is 3.35. The second-order valence-corrected chi connectivity index (χ2v) is 9.63. The normalized spacial score (nSPS) is 12.5. The van der Waals surface area contributed by atoms with Crippen LogP contribution in [0.4, 0.5) is 0 Å². The van der Waals surface area contributed by atoms with Crippen molar-refractivity contribution in [2.75, 3.05) is 40.8 Å². The molecule has 0 aromatic carbocycles. The fraction of sp³-hybridized carbons (Fsp3) is 0.692. The van der Waals surface area contributed by atoms with Gasteiger partial charge in [-0.25, -0.2) is 8.42 Å². The number of sulfonamides is 1. The molecule has 1 heterocycles. The molecule has 0 aliphatic rings. The van der Waals surface area contributed by atoms with Gasteiger partial charge in [-0.05, 0) is 49.1 Å². The zero-order chi connectivity index (χ0) is 16.0. The second-order valence-electron chi connectivity index (χ2n) is 5.16. The summed E-state index contributed by atoms with van der Waals surface area (Å²) in [6.07, 6.45) is 1.06. The maximum absolute atomic E-state index is 12.6. The second kappa shape index (κ2) is 8.59. The third-order valence-corrected chi connectivity index (χ3v) is 7.09. The first kappa shape index (κ1) is 19.1. The van der Waals surface area contributed by atoms with Gasteiger partial charge in [0.25, 0.3) is 0 Å². The topological polar surface area (TPSA) is 52.7 Å². The summed E-state index contributed by atoms with van der Waals surface area (Å²) in [5.41, 5.74) is 0. The molecule has 21 heavy (non-hydrogen) atoms. The summed E-state index contributed by atoms with van der Waals surface area (Å²) in [6.45, 7) is 4.91. The van der Waals surface area contributed by atoms with E-state index in [4.69, 9.17) is 0 Å². The highest BCUT2D eigenvalue weighted by atomic mass is 79.9. The third kappa shape index (κ3) is 5.61. The monoisotopic (exact) mass is 397 g/mol. The first-order valence-electron chi connectivity index (χ1n) is 6.89. The van der Waals surface area contributed by atoms with Gasteiger partial charge >= 0.3 is 0 Å². The van der Waals surface area contributed by atoms with Gasteiger partial charge in [-0.1, -0.05) is 6.92 Å². The largest absolute Gasteiger partial charge is 0.312 e. The van der Waals surface area contributed by atoms with E-state index >= 15 is 0 Å². The number of hydrogen-bond donors (Lipinski definition) is 1. The van der Waals surface area contributed by atoms with Crippen molar-refractivity contribution in [2.45, 2.75) is 24.8 Å². The standard InChI is InChI=1S/C13H24BrN3O2S2/c1-5-6-15-10-11-9-12(13(14)20-11)21(18,19)17(4)8-7-16(2)3/h9,15H,5-8,10H2,1-4H3. The summed E-state index contributed by atoms with van der Waals surface area (Å²) >= 11 is 4.86. The van der Waals surface area contributed by atoms with Crippen molar-refractivity contribution in [3.63, 3.8) is 0 Å². The molecule has 1 aromatic heterocycles. The molecule has 0 aliphatic heterocycles. The van der Waals surface area contributed by atoms with Crippen molar-refractivity contribution < 1.29 is 8.42 Å². The Hall–Kier alpha value is 0.01000. The van der Waals surface area contributed by atoms with E-state index in [-0.39, 0.29) is 0 Å². The van der Waals surface area contributed by atoms with E-state index in [2.05, 4.69) is 28.2 Å². The maximum Gasteiger partial charge on any atom is 0.244 e. The van der Waals surface area contributed by atoms with Crippen LogP contribution < -0.4 is 5.32 Å². The molecule has 0 unspecified atom stereocenters. The summed E-state index contributed by atoms with van der Waals surface area (Å²) in [5.74, 6) is 0. The van der Waals surface area contributed by atoms with Crippen LogP contribution in [0.2, 0.25) is 0 Å². The first-order valence-corrected chi connectivity index (χ1v) is 9.94. The highest BCUT2D eigenvalue weighted by Crippen LogP contribution is 2.33. The van der Waals surface area contributed by atoms with Crippen LogP contribution in [0, 0.1) is 0 Å². The van der Waals surface area contributed by atoms with Gasteiger partial charge in [0.2, 0.25) is 10.0 Å². The van der Waals surface area contributed by atoms with Crippen molar-refractivity contribution in [3.05, 3.63) is 14.7 Å². The smallest absolute Gasteiger partial charge is 0.244 e. The van der Waals surface area contributed by atoms with Crippen molar-refractivity contribution in [1.82, 2.24) is 14.5 Å². The number of halogens is 1. The van der Waals surface area contributed by atoms with Crippen LogP contribution in [-0.2, 0) is 16.6 Å². The first-order chi connectivity index (χ1) is 9.78. The van der Waals surface area contributed by atoms with E-state index in [9.17, 15) is 8.42 Å². The Morgan fingerprint density at radius 3 is 2.52 bits per heavy atom. The van der Waals surface area contributed by atoms with E-state index in [0.29, 0.717) is 28.3 Å². The van der Waals surface area contributed by atoms with Crippen LogP contribution in [0.15, 0.2) is 14.7 Å². The van der Waals surface area contributed by atoms with Crippen molar-refractivity contribution in [1.29, 1.82) is 0 Å². The summed E-state index contributed by atoms with van der Waals surface area (Å²) in [6, 6.07) is 1.76. The lowest BCUT2D eigenvalue weighted by atomic mass is 10.4. The molecular weight excluding hydrogens is 374 g/mol. The highest BCUT2D eigenvalue weighted by Gasteiger charge is 2.25. The van der Waals surface area contributed by atoms with Gasteiger partial charge in [0, 0.05) is 31.6 Å². The Kier molecular flexibility index (Phi) is 7.80. The van der Waals surface area contributed by atoms with Crippen molar-refractivity contribution >= 4 is 37.3 Å². The van der Waals surface area contributed by atoms with Gasteiger partial charge in [0.15, 0.2) is 0 Å². The number of likely N-dealkylation sites (N-methyl/N-ethyl adjacent to an activating group) is 2. The predicted molar refractivity (Wildman–Crippen MR) is 92.4 cm³/mol. The van der Waals surface area contributed by atoms with E-state index in [1.807, 2.05) is 19.0 Å². The fourth-order valence-corrected chi connectivity index (χ4v) is 5.44. The number of rotatable bonds is 9. The quantitative estimate of drug-likeness (QED) is 0.648. The highest BCUT2D eigenvalue weighted by molar-refractivity contribution is 9.11. The van der Waals surface area contributed by atoms with Crippen LogP contribution in [0.25, 0.3) is 0 Å². The molecule has 1 N–H and O–H groups in total. The zero-order valence-corrected chi connectivity index (χ0v) is 16.2. The van der Waals surface area contributed by atoms with Crippen LogP contribution in [0.3, 0.4) is 0 Å². The van der Waals surface area contributed by atoms with Gasteiger partial charge in [-0.15, -0.1) is 11.3 Å². The average molecular weight is 398 g/mol. The molecule has 0 amide bonds. The van der Waals surface area contributed by atoms with E-state index in [1.54, 1.807) is 13.1 Å². The van der Waals surface area contributed by atoms with E-state index in [0.717, 1.165) is 17.8 Å². The van der Waals surface area contributed by atoms with Crippen molar-refractivity contribution in [2.24, 2.45) is 0 Å². The van der Waals surface area contributed by atoms with Gasteiger partial charge in [0.05, 0.1) is 3.79 Å². The molecule has 0 fully saturated rings. The Morgan fingerprint density at radius 2 is 1.95 bits per heavy atom. The molecule has 1 rings (SSSR count). The van der Waals surface area contributed by atoms with E-state index < -0.39 is 10.0 Å². The Labute approximate surface area is 140 Å². The molecule has 0 atom stereocenters. The lowest BCUT2D eigenvalue weighted by Crippen LogP contribution is -2.33. The summed E-state index contributed by atoms with van der Waals surface area (Å²) < 4.78 is 27.2. The molecule has 0 saturated carbocycles. The van der Waals surface area contributed by atoms with Crippen LogP contribution in [-0.4, -0.2) is 58.4 Å². The minimum atomic E-state index is -3.43. The molecule has 5 nitrogen and oxygen atoms in total. The number of nitrogens with one attached hydrogen (secondary N) is 1. The van der Waals surface area contributed by atoms with Crippen molar-refractivity contribution in [3.8, 4) is 0 Å². The number of nitrogens with zero attached hydrogens (tertiary/aromatic N) is 2. The van der Waals surface area contributed by atoms with Gasteiger partial charge in [-0.2, -0.15) is 4.31 Å². The van der Waals surface area contributed by atoms with Crippen LogP contribution >= 0.6 is 27.3 Å². The Morgan fingerprint density at radius 1 is 1.29 bits per heavy atom. The minimum Gasteiger partial charge on any atom is -0.312 e. The van der Waals surface area contributed by atoms with Gasteiger partial charge < -0.3 is 10.2 Å². The number of thiophene rings is 1. The van der Waals surface area contributed by atoms with Gasteiger partial charge in [0.1, 0.15) is 4.90 Å². The molecule has 122 valence electrons. The lowest BCUT2D eigenvalue weighted by molar-refractivity contribution is 0.358. The molecule has 0 radical (unpaired) electrons. The maximum atomic E-state index is 12.6. The zero-order valence-electron chi connectivity index (χ0n) is 13.0. The fourth-order valence-electron chi connectivity index (χ4n) is 1.68. The molecule has 0 bridgehead atoms. The molecule has 1 aromatic rings. The predicted octanol–water partition coefficient (Wildman–Crippen LogP) is 2.19. The Bertz CT molecular complexity index is 544. The Balaban J connectivity index is 2.82. The molecule has 0 saturated heterocycles. The summed E-state index contributed by atoms with van der Waals surface area (Å²) in [5, 5.41) is 3.29. The summed E-state index contributed by atoms with van der Waals surface area (Å²) in [7, 11) is 2.05. The minimum absolute atomic E-state index is 0.363. The SMILES string of the molecule is CCCNCc1cc(S(=O)(=O)N(C)CCN(C)C)c(Br)s1. The number of hydrogen-bond acceptors (Lipinski definition) is 5. The van der Waals surface area contributed by atoms with Crippen LogP contribution in [0.1, 0.15) is 18.2 Å². The third-order valence-electron chi connectivity index (χ3n) is 2.98.